The fourth-order valence-electron chi connectivity index (χ4n) is 2.18. The lowest BCUT2D eigenvalue weighted by atomic mass is 9.96. The van der Waals surface area contributed by atoms with E-state index in [1.54, 1.807) is 0 Å². The highest BCUT2D eigenvalue weighted by atomic mass is 16.5. The molecule has 0 heterocycles. The van der Waals surface area contributed by atoms with E-state index in [9.17, 15) is 4.79 Å². The number of carbonyl (C=O) groups is 1. The highest BCUT2D eigenvalue weighted by Crippen LogP contribution is 2.18. The molecule has 0 aliphatic heterocycles. The van der Waals surface area contributed by atoms with E-state index in [1.165, 1.54) is 36.8 Å². The third-order valence-corrected chi connectivity index (χ3v) is 3.32. The van der Waals surface area contributed by atoms with E-state index in [-0.39, 0.29) is 5.97 Å². The van der Waals surface area contributed by atoms with Crippen LogP contribution in [0.15, 0.2) is 18.2 Å². The van der Waals surface area contributed by atoms with E-state index in [0.29, 0.717) is 12.2 Å². The minimum Gasteiger partial charge on any atom is -0.462 e. The van der Waals surface area contributed by atoms with Gasteiger partial charge in [0.05, 0.1) is 12.2 Å². The van der Waals surface area contributed by atoms with Gasteiger partial charge in [0.2, 0.25) is 0 Å². The molecule has 0 amide bonds. The summed E-state index contributed by atoms with van der Waals surface area (Å²) in [6.45, 7) is 6.67. The van der Waals surface area contributed by atoms with Gasteiger partial charge in [-0.05, 0) is 55.9 Å². The monoisotopic (exact) mass is 262 g/mol. The molecule has 1 aromatic carbocycles. The van der Waals surface area contributed by atoms with E-state index >= 15 is 0 Å². The van der Waals surface area contributed by atoms with Crippen molar-refractivity contribution in [2.75, 3.05) is 6.61 Å². The standard InChI is InChI=1S/C17H26O2/c1-4-7-9-14-11-12-16(17(18)19-6-3)13-15(14)10-8-5-2/h11-13H,4-10H2,1-3H3. The van der Waals surface area contributed by atoms with E-state index in [4.69, 9.17) is 4.74 Å². The number of unbranched alkanes of at least 4 members (excludes halogenated alkanes) is 2. The summed E-state index contributed by atoms with van der Waals surface area (Å²) in [5.74, 6) is -0.206. The zero-order valence-corrected chi connectivity index (χ0v) is 12.5. The Balaban J connectivity index is 2.89. The lowest BCUT2D eigenvalue weighted by Gasteiger charge is -2.11. The number of hydrogen-bond donors (Lipinski definition) is 0. The van der Waals surface area contributed by atoms with Crippen molar-refractivity contribution in [1.82, 2.24) is 0 Å². The van der Waals surface area contributed by atoms with Gasteiger partial charge in [-0.3, -0.25) is 0 Å². The molecule has 2 heteroatoms. The molecule has 0 spiro atoms. The lowest BCUT2D eigenvalue weighted by Crippen LogP contribution is -2.06. The van der Waals surface area contributed by atoms with Crippen LogP contribution < -0.4 is 0 Å². The summed E-state index contributed by atoms with van der Waals surface area (Å²) >= 11 is 0. The summed E-state index contributed by atoms with van der Waals surface area (Å²) in [4.78, 5) is 11.8. The fourth-order valence-corrected chi connectivity index (χ4v) is 2.18. The summed E-state index contributed by atoms with van der Waals surface area (Å²) in [6, 6.07) is 6.03. The molecule has 0 saturated heterocycles. The number of benzene rings is 1. The van der Waals surface area contributed by atoms with Gasteiger partial charge in [0.1, 0.15) is 0 Å². The first-order valence-corrected chi connectivity index (χ1v) is 7.51. The van der Waals surface area contributed by atoms with Gasteiger partial charge in [0.25, 0.3) is 0 Å². The van der Waals surface area contributed by atoms with Crippen LogP contribution in [0.2, 0.25) is 0 Å². The number of esters is 1. The van der Waals surface area contributed by atoms with Crippen LogP contribution >= 0.6 is 0 Å². The second-order valence-corrected chi connectivity index (χ2v) is 4.91. The lowest BCUT2D eigenvalue weighted by molar-refractivity contribution is 0.0526. The molecule has 0 fully saturated rings. The summed E-state index contributed by atoms with van der Waals surface area (Å²) < 4.78 is 5.07. The maximum absolute atomic E-state index is 11.8. The molecule has 0 saturated carbocycles. The minimum atomic E-state index is -0.206. The normalized spacial score (nSPS) is 10.5. The Labute approximate surface area is 117 Å². The molecule has 0 bridgehead atoms. The van der Waals surface area contributed by atoms with Crippen LogP contribution in [0.25, 0.3) is 0 Å². The Morgan fingerprint density at radius 3 is 2.21 bits per heavy atom. The topological polar surface area (TPSA) is 26.3 Å². The molecule has 0 unspecified atom stereocenters. The number of rotatable bonds is 8. The van der Waals surface area contributed by atoms with Gasteiger partial charge in [-0.2, -0.15) is 0 Å². The van der Waals surface area contributed by atoms with E-state index in [1.807, 2.05) is 19.1 Å². The molecule has 0 aliphatic carbocycles. The Morgan fingerprint density at radius 2 is 1.63 bits per heavy atom. The Hall–Kier alpha value is -1.31. The Kier molecular flexibility index (Phi) is 7.24. The van der Waals surface area contributed by atoms with Crippen molar-refractivity contribution in [1.29, 1.82) is 0 Å². The first kappa shape index (κ1) is 15.7. The molecule has 2 nitrogen and oxygen atoms in total. The predicted molar refractivity (Wildman–Crippen MR) is 79.6 cm³/mol. The average molecular weight is 262 g/mol. The molecule has 1 aromatic rings. The number of aryl methyl sites for hydroxylation is 2. The first-order valence-electron chi connectivity index (χ1n) is 7.51. The van der Waals surface area contributed by atoms with Gasteiger partial charge in [0, 0.05) is 0 Å². The summed E-state index contributed by atoms with van der Waals surface area (Å²) in [6.07, 6.45) is 6.93. The van der Waals surface area contributed by atoms with Crippen LogP contribution in [0.4, 0.5) is 0 Å². The van der Waals surface area contributed by atoms with Gasteiger partial charge < -0.3 is 4.74 Å². The van der Waals surface area contributed by atoms with Gasteiger partial charge in [-0.25, -0.2) is 4.79 Å². The largest absolute Gasteiger partial charge is 0.462 e. The molecule has 0 N–H and O–H groups in total. The van der Waals surface area contributed by atoms with Crippen molar-refractivity contribution in [2.45, 2.75) is 59.3 Å². The van der Waals surface area contributed by atoms with E-state index < -0.39 is 0 Å². The van der Waals surface area contributed by atoms with Crippen molar-refractivity contribution < 1.29 is 9.53 Å². The van der Waals surface area contributed by atoms with Crippen LogP contribution in [0.3, 0.4) is 0 Å². The van der Waals surface area contributed by atoms with Crippen molar-refractivity contribution >= 4 is 5.97 Å². The van der Waals surface area contributed by atoms with Gasteiger partial charge >= 0.3 is 5.97 Å². The first-order chi connectivity index (χ1) is 9.22. The van der Waals surface area contributed by atoms with Gasteiger partial charge in [-0.1, -0.05) is 32.8 Å². The van der Waals surface area contributed by atoms with Gasteiger partial charge in [-0.15, -0.1) is 0 Å². The highest BCUT2D eigenvalue weighted by molar-refractivity contribution is 5.89. The number of hydrogen-bond acceptors (Lipinski definition) is 2. The maximum atomic E-state index is 11.8. The zero-order valence-electron chi connectivity index (χ0n) is 12.5. The average Bonchev–Trinajstić information content (AvgIpc) is 2.43. The summed E-state index contributed by atoms with van der Waals surface area (Å²) in [5.41, 5.74) is 3.40. The second-order valence-electron chi connectivity index (χ2n) is 4.91. The van der Waals surface area contributed by atoms with Crippen molar-refractivity contribution in [3.63, 3.8) is 0 Å². The van der Waals surface area contributed by atoms with Crippen molar-refractivity contribution in [2.24, 2.45) is 0 Å². The second kappa shape index (κ2) is 8.73. The molecule has 0 aromatic heterocycles. The molecular formula is C17H26O2. The van der Waals surface area contributed by atoms with Crippen LogP contribution in [-0.4, -0.2) is 12.6 Å². The van der Waals surface area contributed by atoms with Crippen LogP contribution in [0, 0.1) is 0 Å². The van der Waals surface area contributed by atoms with Crippen LogP contribution in [-0.2, 0) is 17.6 Å². The van der Waals surface area contributed by atoms with Gasteiger partial charge in [0.15, 0.2) is 0 Å². The van der Waals surface area contributed by atoms with Crippen LogP contribution in [0.1, 0.15) is 67.9 Å². The number of ether oxygens (including phenoxy) is 1. The number of carbonyl (C=O) groups excluding carboxylic acids is 1. The summed E-state index contributed by atoms with van der Waals surface area (Å²) in [7, 11) is 0. The molecule has 19 heavy (non-hydrogen) atoms. The fraction of sp³-hybridized carbons (Fsp3) is 0.588. The zero-order chi connectivity index (χ0) is 14.1. The van der Waals surface area contributed by atoms with E-state index in [0.717, 1.165) is 12.8 Å². The minimum absolute atomic E-state index is 0.206. The quantitative estimate of drug-likeness (QED) is 0.642. The molecule has 1 rings (SSSR count). The molecule has 0 aliphatic rings. The molecule has 0 atom stereocenters. The molecular weight excluding hydrogens is 236 g/mol. The van der Waals surface area contributed by atoms with E-state index in [2.05, 4.69) is 19.9 Å². The van der Waals surface area contributed by atoms with Crippen molar-refractivity contribution in [3.05, 3.63) is 34.9 Å². The highest BCUT2D eigenvalue weighted by Gasteiger charge is 2.10. The molecule has 106 valence electrons. The third-order valence-electron chi connectivity index (χ3n) is 3.32. The smallest absolute Gasteiger partial charge is 0.338 e. The SMILES string of the molecule is CCCCc1ccc(C(=O)OCC)cc1CCCC. The molecule has 0 radical (unpaired) electrons. The predicted octanol–water partition coefficient (Wildman–Crippen LogP) is 4.55. The maximum Gasteiger partial charge on any atom is 0.338 e. The third kappa shape index (κ3) is 5.06. The van der Waals surface area contributed by atoms with Crippen molar-refractivity contribution in [3.8, 4) is 0 Å². The Bertz CT molecular complexity index is 396. The van der Waals surface area contributed by atoms with Crippen LogP contribution in [0.5, 0.6) is 0 Å². The Morgan fingerprint density at radius 1 is 1.00 bits per heavy atom. The summed E-state index contributed by atoms with van der Waals surface area (Å²) in [5, 5.41) is 0.